The largest absolute Gasteiger partial charge is 0.374 e. The lowest BCUT2D eigenvalue weighted by Crippen LogP contribution is -2.48. The van der Waals surface area contributed by atoms with E-state index in [0.29, 0.717) is 0 Å². The van der Waals surface area contributed by atoms with E-state index in [1.54, 1.807) is 0 Å². The molecule has 1 rings (SSSR count). The number of carbonyl (C=O) groups is 2. The van der Waals surface area contributed by atoms with Crippen molar-refractivity contribution in [2.45, 2.75) is 59.7 Å². The van der Waals surface area contributed by atoms with Crippen LogP contribution in [0.5, 0.6) is 0 Å². The maximum absolute atomic E-state index is 12.5. The minimum atomic E-state index is -0.309. The number of anilines is 2. The molecule has 0 saturated heterocycles. The van der Waals surface area contributed by atoms with Gasteiger partial charge in [0.15, 0.2) is 0 Å². The fourth-order valence-electron chi connectivity index (χ4n) is 2.49. The number of hydrogen-bond acceptors (Lipinski definition) is 3. The van der Waals surface area contributed by atoms with Crippen LogP contribution in [0.4, 0.5) is 11.4 Å². The Bertz CT molecular complexity index is 501. The van der Waals surface area contributed by atoms with Crippen LogP contribution < -0.4 is 10.6 Å². The zero-order chi connectivity index (χ0) is 16.9. The second-order valence-electron chi connectivity index (χ2n) is 6.06. The third-order valence-corrected chi connectivity index (χ3v) is 3.33. The average molecular weight is 305 g/mol. The Kier molecular flexibility index (Phi) is 6.40. The number of carbonyl (C=O) groups excluding carboxylic acids is 2. The van der Waals surface area contributed by atoms with Crippen LogP contribution in [0.25, 0.3) is 0 Å². The molecule has 22 heavy (non-hydrogen) atoms. The second kappa shape index (κ2) is 7.82. The van der Waals surface area contributed by atoms with E-state index in [2.05, 4.69) is 10.6 Å². The molecule has 1 aromatic carbocycles. The maximum Gasteiger partial charge on any atom is 0.245 e. The first-order valence-electron chi connectivity index (χ1n) is 7.68. The van der Waals surface area contributed by atoms with Gasteiger partial charge in [0.05, 0.1) is 0 Å². The summed E-state index contributed by atoms with van der Waals surface area (Å²) in [6, 6.07) is 7.34. The minimum absolute atomic E-state index is 0.0796. The molecule has 0 heterocycles. The number of hydrogen-bond donors (Lipinski definition) is 2. The van der Waals surface area contributed by atoms with Gasteiger partial charge >= 0.3 is 0 Å². The van der Waals surface area contributed by atoms with E-state index >= 15 is 0 Å². The molecule has 122 valence electrons. The quantitative estimate of drug-likeness (QED) is 0.849. The van der Waals surface area contributed by atoms with E-state index in [0.717, 1.165) is 11.4 Å². The molecule has 0 fully saturated rings. The van der Waals surface area contributed by atoms with Crippen LogP contribution in [-0.2, 0) is 9.59 Å². The van der Waals surface area contributed by atoms with Gasteiger partial charge in [-0.05, 0) is 58.9 Å². The molecule has 0 bridgehead atoms. The summed E-state index contributed by atoms with van der Waals surface area (Å²) in [6.07, 6.45) is 0. The van der Waals surface area contributed by atoms with Gasteiger partial charge in [-0.1, -0.05) is 0 Å². The lowest BCUT2D eigenvalue weighted by Gasteiger charge is -2.33. The van der Waals surface area contributed by atoms with Gasteiger partial charge in [-0.25, -0.2) is 0 Å². The van der Waals surface area contributed by atoms with Crippen molar-refractivity contribution in [1.29, 1.82) is 0 Å². The van der Waals surface area contributed by atoms with Gasteiger partial charge < -0.3 is 15.5 Å². The second-order valence-corrected chi connectivity index (χ2v) is 6.06. The van der Waals surface area contributed by atoms with Crippen molar-refractivity contribution in [3.05, 3.63) is 24.3 Å². The molecule has 1 unspecified atom stereocenters. The van der Waals surface area contributed by atoms with E-state index in [9.17, 15) is 9.59 Å². The lowest BCUT2D eigenvalue weighted by atomic mass is 10.1. The molecule has 0 spiro atoms. The van der Waals surface area contributed by atoms with Crippen LogP contribution in [0.15, 0.2) is 24.3 Å². The summed E-state index contributed by atoms with van der Waals surface area (Å²) in [4.78, 5) is 25.4. The van der Waals surface area contributed by atoms with Crippen LogP contribution >= 0.6 is 0 Å². The number of rotatable bonds is 6. The molecule has 1 aromatic rings. The van der Waals surface area contributed by atoms with Crippen LogP contribution in [0.2, 0.25) is 0 Å². The smallest absolute Gasteiger partial charge is 0.245 e. The Hall–Kier alpha value is -2.04. The Labute approximate surface area is 133 Å². The SMILES string of the molecule is CC(=O)Nc1ccc(NC(C)C(=O)N(C(C)C)C(C)C)cc1. The highest BCUT2D eigenvalue weighted by molar-refractivity contribution is 5.89. The molecule has 0 saturated carbocycles. The van der Waals surface area contributed by atoms with Crippen molar-refractivity contribution in [3.63, 3.8) is 0 Å². The number of nitrogens with one attached hydrogen (secondary N) is 2. The highest BCUT2D eigenvalue weighted by atomic mass is 16.2. The summed E-state index contributed by atoms with van der Waals surface area (Å²) in [5.41, 5.74) is 1.59. The summed E-state index contributed by atoms with van der Waals surface area (Å²) in [7, 11) is 0. The van der Waals surface area contributed by atoms with Gasteiger partial charge in [0.1, 0.15) is 6.04 Å². The fraction of sp³-hybridized carbons (Fsp3) is 0.529. The predicted molar refractivity (Wildman–Crippen MR) is 90.9 cm³/mol. The van der Waals surface area contributed by atoms with Crippen LogP contribution in [0.3, 0.4) is 0 Å². The average Bonchev–Trinajstić information content (AvgIpc) is 2.39. The van der Waals surface area contributed by atoms with Gasteiger partial charge in [0.2, 0.25) is 11.8 Å². The monoisotopic (exact) mass is 305 g/mol. The van der Waals surface area contributed by atoms with Gasteiger partial charge in [-0.2, -0.15) is 0 Å². The zero-order valence-electron chi connectivity index (χ0n) is 14.3. The summed E-state index contributed by atoms with van der Waals surface area (Å²) in [5.74, 6) is -0.0234. The standard InChI is InChI=1S/C17H27N3O2/c1-11(2)20(12(3)4)17(22)13(5)18-15-7-9-16(10-8-15)19-14(6)21/h7-13,18H,1-6H3,(H,19,21). The van der Waals surface area contributed by atoms with E-state index < -0.39 is 0 Å². The van der Waals surface area contributed by atoms with Crippen molar-refractivity contribution in [3.8, 4) is 0 Å². The molecule has 0 aromatic heterocycles. The van der Waals surface area contributed by atoms with Crippen molar-refractivity contribution in [2.24, 2.45) is 0 Å². The maximum atomic E-state index is 12.5. The van der Waals surface area contributed by atoms with Gasteiger partial charge in [-0.3, -0.25) is 9.59 Å². The molecule has 5 heteroatoms. The Morgan fingerprint density at radius 2 is 1.36 bits per heavy atom. The zero-order valence-corrected chi connectivity index (χ0v) is 14.3. The summed E-state index contributed by atoms with van der Waals surface area (Å²) in [6.45, 7) is 11.4. The van der Waals surface area contributed by atoms with E-state index in [4.69, 9.17) is 0 Å². The Balaban J connectivity index is 2.73. The van der Waals surface area contributed by atoms with E-state index in [1.165, 1.54) is 6.92 Å². The molecular weight excluding hydrogens is 278 g/mol. The van der Waals surface area contributed by atoms with Crippen LogP contribution in [-0.4, -0.2) is 34.8 Å². The van der Waals surface area contributed by atoms with Crippen molar-refractivity contribution < 1.29 is 9.59 Å². The molecule has 1 atom stereocenters. The first-order chi connectivity index (χ1) is 10.2. The number of benzene rings is 1. The van der Waals surface area contributed by atoms with Crippen molar-refractivity contribution in [1.82, 2.24) is 4.90 Å². The summed E-state index contributed by atoms with van der Waals surface area (Å²) < 4.78 is 0. The number of nitrogens with zero attached hydrogens (tertiary/aromatic N) is 1. The van der Waals surface area contributed by atoms with E-state index in [-0.39, 0.29) is 29.9 Å². The van der Waals surface area contributed by atoms with Crippen molar-refractivity contribution >= 4 is 23.2 Å². The van der Waals surface area contributed by atoms with Crippen LogP contribution in [0.1, 0.15) is 41.5 Å². The van der Waals surface area contributed by atoms with Gasteiger partial charge in [0.25, 0.3) is 0 Å². The van der Waals surface area contributed by atoms with E-state index in [1.807, 2.05) is 63.8 Å². The highest BCUT2D eigenvalue weighted by Crippen LogP contribution is 2.16. The molecule has 0 radical (unpaired) electrons. The summed E-state index contributed by atoms with van der Waals surface area (Å²) in [5, 5.41) is 5.92. The minimum Gasteiger partial charge on any atom is -0.374 e. The molecule has 5 nitrogen and oxygen atoms in total. The van der Waals surface area contributed by atoms with Crippen molar-refractivity contribution in [2.75, 3.05) is 10.6 Å². The topological polar surface area (TPSA) is 61.4 Å². The van der Waals surface area contributed by atoms with Crippen LogP contribution in [0, 0.1) is 0 Å². The first-order valence-corrected chi connectivity index (χ1v) is 7.68. The third-order valence-electron chi connectivity index (χ3n) is 3.33. The normalized spacial score (nSPS) is 12.2. The Morgan fingerprint density at radius 3 is 1.77 bits per heavy atom. The lowest BCUT2D eigenvalue weighted by molar-refractivity contribution is -0.135. The predicted octanol–water partition coefficient (Wildman–Crippen LogP) is 3.09. The molecule has 0 aliphatic carbocycles. The molecule has 0 aliphatic heterocycles. The summed E-state index contributed by atoms with van der Waals surface area (Å²) >= 11 is 0. The molecule has 2 N–H and O–H groups in total. The molecule has 2 amide bonds. The third kappa shape index (κ3) is 5.06. The van der Waals surface area contributed by atoms with Gasteiger partial charge in [0, 0.05) is 30.4 Å². The number of amides is 2. The fourth-order valence-corrected chi connectivity index (χ4v) is 2.49. The Morgan fingerprint density at radius 1 is 0.909 bits per heavy atom. The highest BCUT2D eigenvalue weighted by Gasteiger charge is 2.24. The molecular formula is C17H27N3O2. The first kappa shape index (κ1) is 18.0. The van der Waals surface area contributed by atoms with Gasteiger partial charge in [-0.15, -0.1) is 0 Å². The molecule has 0 aliphatic rings.